The zero-order chi connectivity index (χ0) is 19.9. The third-order valence-electron chi connectivity index (χ3n) is 5.31. The molecule has 0 radical (unpaired) electrons. The molecular formula is C25H26N2O2. The van der Waals surface area contributed by atoms with Gasteiger partial charge in [-0.3, -0.25) is 4.79 Å². The molecule has 3 aromatic rings. The SMILES string of the molecule is O=Cc1ccc(CCc2ccccc2)cc1Nc1ccc(N2CCOCC2)cc1. The predicted molar refractivity (Wildman–Crippen MR) is 118 cm³/mol. The van der Waals surface area contributed by atoms with E-state index in [1.807, 2.05) is 18.2 Å². The van der Waals surface area contributed by atoms with Crippen LogP contribution in [0.2, 0.25) is 0 Å². The highest BCUT2D eigenvalue weighted by molar-refractivity contribution is 5.86. The van der Waals surface area contributed by atoms with Gasteiger partial charge in [0.1, 0.15) is 0 Å². The van der Waals surface area contributed by atoms with E-state index in [0.717, 1.165) is 56.8 Å². The van der Waals surface area contributed by atoms with E-state index in [-0.39, 0.29) is 0 Å². The number of nitrogens with one attached hydrogen (secondary N) is 1. The van der Waals surface area contributed by atoms with E-state index in [9.17, 15) is 4.79 Å². The average molecular weight is 386 g/mol. The van der Waals surface area contributed by atoms with Crippen molar-refractivity contribution in [1.82, 2.24) is 0 Å². The van der Waals surface area contributed by atoms with Gasteiger partial charge in [0.15, 0.2) is 6.29 Å². The summed E-state index contributed by atoms with van der Waals surface area (Å²) >= 11 is 0. The van der Waals surface area contributed by atoms with Crippen molar-refractivity contribution < 1.29 is 9.53 Å². The summed E-state index contributed by atoms with van der Waals surface area (Å²) in [6, 6.07) is 24.9. The number of morpholine rings is 1. The van der Waals surface area contributed by atoms with Gasteiger partial charge in [-0.05, 0) is 60.4 Å². The standard InChI is InChI=1S/C25H26N2O2/c28-19-22-9-8-21(7-6-20-4-2-1-3-5-20)18-25(22)26-23-10-12-24(13-11-23)27-14-16-29-17-15-27/h1-5,8-13,18-19,26H,6-7,14-17H2. The van der Waals surface area contributed by atoms with E-state index in [1.54, 1.807) is 0 Å². The van der Waals surface area contributed by atoms with Gasteiger partial charge in [-0.2, -0.15) is 0 Å². The maximum absolute atomic E-state index is 11.5. The lowest BCUT2D eigenvalue weighted by Gasteiger charge is -2.29. The summed E-state index contributed by atoms with van der Waals surface area (Å²) in [7, 11) is 0. The summed E-state index contributed by atoms with van der Waals surface area (Å²) in [4.78, 5) is 13.8. The molecule has 148 valence electrons. The fourth-order valence-corrected chi connectivity index (χ4v) is 3.64. The zero-order valence-corrected chi connectivity index (χ0v) is 16.5. The van der Waals surface area contributed by atoms with Crippen LogP contribution < -0.4 is 10.2 Å². The average Bonchev–Trinajstić information content (AvgIpc) is 2.80. The minimum absolute atomic E-state index is 0.672. The van der Waals surface area contributed by atoms with Gasteiger partial charge < -0.3 is 15.0 Å². The number of anilines is 3. The monoisotopic (exact) mass is 386 g/mol. The molecule has 0 saturated carbocycles. The quantitative estimate of drug-likeness (QED) is 0.589. The molecule has 4 nitrogen and oxygen atoms in total. The number of hydrogen-bond donors (Lipinski definition) is 1. The summed E-state index contributed by atoms with van der Waals surface area (Å²) in [6.07, 6.45) is 2.83. The van der Waals surface area contributed by atoms with Crippen molar-refractivity contribution in [3.63, 3.8) is 0 Å². The Bertz CT molecular complexity index is 933. The Morgan fingerprint density at radius 2 is 1.59 bits per heavy atom. The molecule has 0 bridgehead atoms. The molecule has 0 spiro atoms. The summed E-state index contributed by atoms with van der Waals surface area (Å²) in [5, 5.41) is 3.42. The van der Waals surface area contributed by atoms with Crippen LogP contribution in [0.15, 0.2) is 72.8 Å². The summed E-state index contributed by atoms with van der Waals surface area (Å²) in [6.45, 7) is 3.40. The predicted octanol–water partition coefficient (Wildman–Crippen LogP) is 4.86. The Kier molecular flexibility index (Phi) is 6.22. The van der Waals surface area contributed by atoms with Crippen LogP contribution in [0.4, 0.5) is 17.1 Å². The van der Waals surface area contributed by atoms with E-state index in [1.165, 1.54) is 16.8 Å². The molecule has 3 aromatic carbocycles. The molecule has 4 rings (SSSR count). The second kappa shape index (κ2) is 9.39. The Morgan fingerprint density at radius 1 is 0.862 bits per heavy atom. The fraction of sp³-hybridized carbons (Fsp3) is 0.240. The highest BCUT2D eigenvalue weighted by Crippen LogP contribution is 2.25. The van der Waals surface area contributed by atoms with E-state index in [4.69, 9.17) is 4.74 Å². The first-order valence-corrected chi connectivity index (χ1v) is 10.1. The van der Waals surface area contributed by atoms with Crippen molar-refractivity contribution in [3.05, 3.63) is 89.5 Å². The molecule has 29 heavy (non-hydrogen) atoms. The molecular weight excluding hydrogens is 360 g/mol. The van der Waals surface area contributed by atoms with Crippen molar-refractivity contribution in [1.29, 1.82) is 0 Å². The van der Waals surface area contributed by atoms with Gasteiger partial charge in [0.05, 0.1) is 13.2 Å². The van der Waals surface area contributed by atoms with Crippen LogP contribution in [-0.4, -0.2) is 32.6 Å². The lowest BCUT2D eigenvalue weighted by atomic mass is 10.0. The van der Waals surface area contributed by atoms with Crippen LogP contribution >= 0.6 is 0 Å². The lowest BCUT2D eigenvalue weighted by Crippen LogP contribution is -2.36. The van der Waals surface area contributed by atoms with E-state index in [2.05, 4.69) is 64.8 Å². The van der Waals surface area contributed by atoms with Crippen LogP contribution in [-0.2, 0) is 17.6 Å². The topological polar surface area (TPSA) is 41.6 Å². The first kappa shape index (κ1) is 19.2. The van der Waals surface area contributed by atoms with Crippen LogP contribution in [0.3, 0.4) is 0 Å². The van der Waals surface area contributed by atoms with E-state index in [0.29, 0.717) is 5.56 Å². The summed E-state index contributed by atoms with van der Waals surface area (Å²) in [5.74, 6) is 0. The van der Waals surface area contributed by atoms with Crippen molar-refractivity contribution in [2.24, 2.45) is 0 Å². The lowest BCUT2D eigenvalue weighted by molar-refractivity contribution is 0.112. The fourth-order valence-electron chi connectivity index (χ4n) is 3.64. The number of hydrogen-bond acceptors (Lipinski definition) is 4. The van der Waals surface area contributed by atoms with Gasteiger partial charge in [0.2, 0.25) is 0 Å². The van der Waals surface area contributed by atoms with Gasteiger partial charge in [-0.25, -0.2) is 0 Å². The van der Waals surface area contributed by atoms with Crippen LogP contribution in [0.25, 0.3) is 0 Å². The minimum atomic E-state index is 0.672. The summed E-state index contributed by atoms with van der Waals surface area (Å²) in [5.41, 5.74) is 6.24. The molecule has 0 atom stereocenters. The Balaban J connectivity index is 1.46. The van der Waals surface area contributed by atoms with Crippen LogP contribution in [0, 0.1) is 0 Å². The zero-order valence-electron chi connectivity index (χ0n) is 16.5. The molecule has 1 aliphatic rings. The third-order valence-corrected chi connectivity index (χ3v) is 5.31. The number of carbonyl (C=O) groups is 1. The normalized spacial score (nSPS) is 13.9. The number of rotatable bonds is 7. The minimum Gasteiger partial charge on any atom is -0.378 e. The molecule has 1 aliphatic heterocycles. The van der Waals surface area contributed by atoms with Crippen LogP contribution in [0.5, 0.6) is 0 Å². The smallest absolute Gasteiger partial charge is 0.152 e. The number of ether oxygens (including phenoxy) is 1. The molecule has 1 saturated heterocycles. The Hall–Kier alpha value is -3.11. The van der Waals surface area contributed by atoms with Crippen molar-refractivity contribution in [2.45, 2.75) is 12.8 Å². The van der Waals surface area contributed by atoms with Gasteiger partial charge >= 0.3 is 0 Å². The first-order valence-electron chi connectivity index (χ1n) is 10.1. The molecule has 0 amide bonds. The van der Waals surface area contributed by atoms with Crippen molar-refractivity contribution >= 4 is 23.3 Å². The van der Waals surface area contributed by atoms with Crippen LogP contribution in [0.1, 0.15) is 21.5 Å². The number of benzene rings is 3. The maximum atomic E-state index is 11.5. The maximum Gasteiger partial charge on any atom is 0.152 e. The molecule has 1 heterocycles. The second-order valence-corrected chi connectivity index (χ2v) is 7.30. The second-order valence-electron chi connectivity index (χ2n) is 7.30. The largest absolute Gasteiger partial charge is 0.378 e. The van der Waals surface area contributed by atoms with Gasteiger partial charge in [-0.1, -0.05) is 36.4 Å². The van der Waals surface area contributed by atoms with Crippen molar-refractivity contribution in [3.8, 4) is 0 Å². The molecule has 1 N–H and O–H groups in total. The number of aldehydes is 1. The number of nitrogens with zero attached hydrogens (tertiary/aromatic N) is 1. The van der Waals surface area contributed by atoms with E-state index < -0.39 is 0 Å². The summed E-state index contributed by atoms with van der Waals surface area (Å²) < 4.78 is 5.42. The molecule has 4 heteroatoms. The van der Waals surface area contributed by atoms with Gasteiger partial charge in [-0.15, -0.1) is 0 Å². The first-order chi connectivity index (χ1) is 14.3. The molecule has 0 unspecified atom stereocenters. The molecule has 0 aromatic heterocycles. The number of aryl methyl sites for hydroxylation is 2. The Morgan fingerprint density at radius 3 is 2.31 bits per heavy atom. The number of carbonyl (C=O) groups excluding carboxylic acids is 1. The van der Waals surface area contributed by atoms with E-state index >= 15 is 0 Å². The van der Waals surface area contributed by atoms with Gasteiger partial charge in [0.25, 0.3) is 0 Å². The third kappa shape index (κ3) is 5.04. The highest BCUT2D eigenvalue weighted by atomic mass is 16.5. The molecule has 0 aliphatic carbocycles. The van der Waals surface area contributed by atoms with Gasteiger partial charge in [0, 0.05) is 35.7 Å². The highest BCUT2D eigenvalue weighted by Gasteiger charge is 2.11. The Labute approximate surface area is 172 Å². The molecule has 1 fully saturated rings. The van der Waals surface area contributed by atoms with Crippen molar-refractivity contribution in [2.75, 3.05) is 36.5 Å².